The Balaban J connectivity index is 2.15. The first-order valence-electron chi connectivity index (χ1n) is 7.32. The molecule has 0 heterocycles. The second-order valence-corrected chi connectivity index (χ2v) is 4.80. The number of carbonyl (C=O) groups is 2. The Morgan fingerprint density at radius 3 is 2.26 bits per heavy atom. The number of ether oxygens (including phenoxy) is 2. The second kappa shape index (κ2) is 7.98. The molecule has 0 saturated carbocycles. The number of methoxy groups -OCH3 is 1. The molecule has 0 aromatic heterocycles. The largest absolute Gasteiger partial charge is 0.494 e. The number of rotatable bonds is 6. The van der Waals surface area contributed by atoms with Gasteiger partial charge in [0.2, 0.25) is 0 Å². The molecule has 5 heteroatoms. The molecule has 23 heavy (non-hydrogen) atoms. The van der Waals surface area contributed by atoms with Gasteiger partial charge in [-0.05, 0) is 36.8 Å². The molecule has 0 aliphatic heterocycles. The molecule has 2 rings (SSSR count). The van der Waals surface area contributed by atoms with E-state index in [9.17, 15) is 9.59 Å². The maximum atomic E-state index is 12.4. The van der Waals surface area contributed by atoms with Crippen molar-refractivity contribution >= 4 is 11.9 Å². The summed E-state index contributed by atoms with van der Waals surface area (Å²) in [7, 11) is 1.29. The van der Waals surface area contributed by atoms with Gasteiger partial charge in [-0.25, -0.2) is 4.79 Å². The fraction of sp³-hybridized carbons (Fsp3) is 0.222. The van der Waals surface area contributed by atoms with Gasteiger partial charge >= 0.3 is 5.97 Å². The Morgan fingerprint density at radius 2 is 1.70 bits per heavy atom. The van der Waals surface area contributed by atoms with E-state index in [0.29, 0.717) is 23.5 Å². The zero-order valence-corrected chi connectivity index (χ0v) is 13.1. The normalized spacial score (nSPS) is 11.4. The van der Waals surface area contributed by atoms with Gasteiger partial charge in [-0.2, -0.15) is 0 Å². The summed E-state index contributed by atoms with van der Waals surface area (Å²) in [5, 5.41) is 2.70. The van der Waals surface area contributed by atoms with Crippen molar-refractivity contribution in [3.63, 3.8) is 0 Å². The number of amides is 1. The van der Waals surface area contributed by atoms with Crippen LogP contribution in [0.4, 0.5) is 0 Å². The van der Waals surface area contributed by atoms with Gasteiger partial charge in [0.15, 0.2) is 6.04 Å². The molecule has 0 spiro atoms. The first kappa shape index (κ1) is 16.5. The fourth-order valence-electron chi connectivity index (χ4n) is 2.13. The monoisotopic (exact) mass is 313 g/mol. The fourth-order valence-corrected chi connectivity index (χ4v) is 2.13. The van der Waals surface area contributed by atoms with E-state index in [1.165, 1.54) is 7.11 Å². The molecule has 120 valence electrons. The third-order valence-electron chi connectivity index (χ3n) is 3.27. The molecule has 2 aromatic carbocycles. The quantitative estimate of drug-likeness (QED) is 0.833. The Hall–Kier alpha value is -2.82. The van der Waals surface area contributed by atoms with Crippen molar-refractivity contribution in [2.24, 2.45) is 0 Å². The molecule has 0 radical (unpaired) electrons. The van der Waals surface area contributed by atoms with Crippen LogP contribution in [0.15, 0.2) is 54.6 Å². The maximum Gasteiger partial charge on any atom is 0.333 e. The van der Waals surface area contributed by atoms with Crippen molar-refractivity contribution in [3.8, 4) is 5.75 Å². The van der Waals surface area contributed by atoms with Gasteiger partial charge in [0, 0.05) is 5.56 Å². The minimum atomic E-state index is -0.847. The van der Waals surface area contributed by atoms with Gasteiger partial charge in [0.25, 0.3) is 5.91 Å². The summed E-state index contributed by atoms with van der Waals surface area (Å²) in [5.41, 5.74) is 1.11. The van der Waals surface area contributed by atoms with Crippen molar-refractivity contribution in [1.29, 1.82) is 0 Å². The molecule has 1 amide bonds. The lowest BCUT2D eigenvalue weighted by atomic mass is 10.1. The van der Waals surface area contributed by atoms with E-state index >= 15 is 0 Å². The minimum absolute atomic E-state index is 0.354. The Labute approximate surface area is 135 Å². The summed E-state index contributed by atoms with van der Waals surface area (Å²) in [6.45, 7) is 2.45. The highest BCUT2D eigenvalue weighted by molar-refractivity contribution is 5.97. The van der Waals surface area contributed by atoms with Gasteiger partial charge in [-0.1, -0.05) is 30.3 Å². The molecule has 1 N–H and O–H groups in total. The van der Waals surface area contributed by atoms with E-state index < -0.39 is 12.0 Å². The van der Waals surface area contributed by atoms with Crippen LogP contribution in [0.1, 0.15) is 28.9 Å². The van der Waals surface area contributed by atoms with Crippen molar-refractivity contribution in [2.45, 2.75) is 13.0 Å². The van der Waals surface area contributed by atoms with Gasteiger partial charge in [-0.3, -0.25) is 4.79 Å². The summed E-state index contributed by atoms with van der Waals surface area (Å²) < 4.78 is 10.1. The smallest absolute Gasteiger partial charge is 0.333 e. The zero-order chi connectivity index (χ0) is 16.7. The number of nitrogens with one attached hydrogen (secondary N) is 1. The standard InChI is InChI=1S/C18H19NO4/c1-3-23-15-11-9-14(10-12-15)17(20)19-16(18(21)22-2)13-7-5-4-6-8-13/h4-12,16H,3H2,1-2H3,(H,19,20). The molecule has 0 saturated heterocycles. The van der Waals surface area contributed by atoms with E-state index in [-0.39, 0.29) is 5.91 Å². The van der Waals surface area contributed by atoms with Gasteiger partial charge < -0.3 is 14.8 Å². The van der Waals surface area contributed by atoms with Crippen LogP contribution in [0, 0.1) is 0 Å². The molecule has 1 unspecified atom stereocenters. The average molecular weight is 313 g/mol. The topological polar surface area (TPSA) is 64.6 Å². The molecule has 5 nitrogen and oxygen atoms in total. The Bertz CT molecular complexity index is 652. The van der Waals surface area contributed by atoms with Gasteiger partial charge in [-0.15, -0.1) is 0 Å². The van der Waals surface area contributed by atoms with Crippen LogP contribution in [-0.4, -0.2) is 25.6 Å². The average Bonchev–Trinajstić information content (AvgIpc) is 2.60. The summed E-state index contributed by atoms with van der Waals surface area (Å²) in [4.78, 5) is 24.3. The highest BCUT2D eigenvalue weighted by Gasteiger charge is 2.23. The van der Waals surface area contributed by atoms with E-state index in [1.807, 2.05) is 13.0 Å². The van der Waals surface area contributed by atoms with E-state index in [0.717, 1.165) is 0 Å². The molecule has 0 aliphatic rings. The molecule has 0 aliphatic carbocycles. The number of benzene rings is 2. The summed E-state index contributed by atoms with van der Waals surface area (Å²) in [6, 6.07) is 14.9. The lowest BCUT2D eigenvalue weighted by Crippen LogP contribution is -2.34. The molecule has 1 atom stereocenters. The molecule has 0 bridgehead atoms. The SMILES string of the molecule is CCOc1ccc(C(=O)NC(C(=O)OC)c2ccccc2)cc1. The van der Waals surface area contributed by atoms with Crippen LogP contribution < -0.4 is 10.1 Å². The van der Waals surface area contributed by atoms with Gasteiger partial charge in [0.05, 0.1) is 13.7 Å². The van der Waals surface area contributed by atoms with Crippen molar-refractivity contribution in [3.05, 3.63) is 65.7 Å². The van der Waals surface area contributed by atoms with E-state index in [2.05, 4.69) is 5.32 Å². The van der Waals surface area contributed by atoms with Crippen molar-refractivity contribution < 1.29 is 19.1 Å². The van der Waals surface area contributed by atoms with Crippen LogP contribution in [0.5, 0.6) is 5.75 Å². The highest BCUT2D eigenvalue weighted by atomic mass is 16.5. The molecular formula is C18H19NO4. The van der Waals surface area contributed by atoms with E-state index in [1.54, 1.807) is 48.5 Å². The van der Waals surface area contributed by atoms with Gasteiger partial charge in [0.1, 0.15) is 5.75 Å². The predicted octanol–water partition coefficient (Wildman–Crippen LogP) is 2.73. The number of hydrogen-bond donors (Lipinski definition) is 1. The number of carbonyl (C=O) groups excluding carboxylic acids is 2. The van der Waals surface area contributed by atoms with E-state index in [4.69, 9.17) is 9.47 Å². The molecule has 2 aromatic rings. The number of hydrogen-bond acceptors (Lipinski definition) is 4. The summed E-state index contributed by atoms with van der Waals surface area (Å²) in [5.74, 6) is -0.181. The Kier molecular flexibility index (Phi) is 5.74. The predicted molar refractivity (Wildman–Crippen MR) is 86.3 cm³/mol. The zero-order valence-electron chi connectivity index (χ0n) is 13.1. The van der Waals surface area contributed by atoms with Crippen molar-refractivity contribution in [2.75, 3.05) is 13.7 Å². The number of esters is 1. The first-order valence-corrected chi connectivity index (χ1v) is 7.32. The maximum absolute atomic E-state index is 12.4. The third-order valence-corrected chi connectivity index (χ3v) is 3.27. The van der Waals surface area contributed by atoms with Crippen LogP contribution in [0.3, 0.4) is 0 Å². The molecular weight excluding hydrogens is 294 g/mol. The van der Waals surface area contributed by atoms with Crippen molar-refractivity contribution in [1.82, 2.24) is 5.32 Å². The second-order valence-electron chi connectivity index (χ2n) is 4.80. The molecule has 0 fully saturated rings. The first-order chi connectivity index (χ1) is 11.2. The van der Waals surface area contributed by atoms with Crippen LogP contribution >= 0.6 is 0 Å². The summed E-state index contributed by atoms with van der Waals surface area (Å²) >= 11 is 0. The Morgan fingerprint density at radius 1 is 1.04 bits per heavy atom. The highest BCUT2D eigenvalue weighted by Crippen LogP contribution is 2.17. The minimum Gasteiger partial charge on any atom is -0.494 e. The third kappa shape index (κ3) is 4.32. The van der Waals surface area contributed by atoms with Crippen LogP contribution in [0.25, 0.3) is 0 Å². The lowest BCUT2D eigenvalue weighted by molar-refractivity contribution is -0.143. The lowest BCUT2D eigenvalue weighted by Gasteiger charge is -2.17. The summed E-state index contributed by atoms with van der Waals surface area (Å²) in [6.07, 6.45) is 0. The van der Waals surface area contributed by atoms with Crippen LogP contribution in [-0.2, 0) is 9.53 Å². The van der Waals surface area contributed by atoms with Crippen LogP contribution in [0.2, 0.25) is 0 Å².